The van der Waals surface area contributed by atoms with Gasteiger partial charge in [-0.25, -0.2) is 4.98 Å². The average molecular weight is 296 g/mol. The number of anilines is 1. The van der Waals surface area contributed by atoms with Crippen LogP contribution in [-0.4, -0.2) is 21.3 Å². The summed E-state index contributed by atoms with van der Waals surface area (Å²) in [6.07, 6.45) is 0.916. The van der Waals surface area contributed by atoms with Gasteiger partial charge in [-0.05, 0) is 23.1 Å². The van der Waals surface area contributed by atoms with E-state index in [0.717, 1.165) is 29.5 Å². The first-order chi connectivity index (χ1) is 10.3. The third kappa shape index (κ3) is 2.23. The summed E-state index contributed by atoms with van der Waals surface area (Å²) in [4.78, 5) is 5.85. The van der Waals surface area contributed by atoms with E-state index in [1.54, 1.807) is 11.3 Å². The van der Waals surface area contributed by atoms with Gasteiger partial charge in [-0.15, -0.1) is 11.3 Å². The van der Waals surface area contributed by atoms with Gasteiger partial charge in [0.15, 0.2) is 5.82 Å². The van der Waals surface area contributed by atoms with Crippen LogP contribution in [0.1, 0.15) is 17.3 Å². The van der Waals surface area contributed by atoms with Crippen LogP contribution in [0.2, 0.25) is 0 Å². The summed E-state index contributed by atoms with van der Waals surface area (Å²) in [5.74, 6) is 2.35. The van der Waals surface area contributed by atoms with Gasteiger partial charge < -0.3 is 5.32 Å². The second kappa shape index (κ2) is 5.00. The number of nitrogens with zero attached hydrogens (tertiary/aromatic N) is 3. The zero-order valence-corrected chi connectivity index (χ0v) is 12.6. The van der Waals surface area contributed by atoms with Gasteiger partial charge in [-0.3, -0.25) is 4.68 Å². The first kappa shape index (κ1) is 12.6. The smallest absolute Gasteiger partial charge is 0.191 e. The molecule has 1 atom stereocenters. The van der Waals surface area contributed by atoms with Crippen molar-refractivity contribution < 1.29 is 0 Å². The molecule has 1 N–H and O–H groups in total. The van der Waals surface area contributed by atoms with Gasteiger partial charge in [0, 0.05) is 31.6 Å². The van der Waals surface area contributed by atoms with Crippen molar-refractivity contribution in [3.8, 4) is 10.7 Å². The van der Waals surface area contributed by atoms with E-state index in [1.807, 2.05) is 17.8 Å². The number of aryl methyl sites for hydroxylation is 1. The highest BCUT2D eigenvalue weighted by Gasteiger charge is 2.24. The number of thiophene rings is 1. The van der Waals surface area contributed by atoms with E-state index in [0.29, 0.717) is 5.92 Å². The fourth-order valence-corrected chi connectivity index (χ4v) is 3.52. The molecule has 21 heavy (non-hydrogen) atoms. The molecule has 3 heterocycles. The van der Waals surface area contributed by atoms with Crippen LogP contribution in [0.4, 0.5) is 5.69 Å². The van der Waals surface area contributed by atoms with Crippen molar-refractivity contribution in [1.82, 2.24) is 14.8 Å². The van der Waals surface area contributed by atoms with Crippen LogP contribution in [0.15, 0.2) is 41.8 Å². The van der Waals surface area contributed by atoms with Gasteiger partial charge in [-0.2, -0.15) is 5.10 Å². The third-order valence-corrected chi connectivity index (χ3v) is 4.83. The van der Waals surface area contributed by atoms with Gasteiger partial charge in [0.25, 0.3) is 0 Å². The van der Waals surface area contributed by atoms with Crippen molar-refractivity contribution in [2.75, 3.05) is 11.9 Å². The molecule has 0 saturated carbocycles. The third-order valence-electron chi connectivity index (χ3n) is 3.96. The first-order valence-corrected chi connectivity index (χ1v) is 7.96. The molecular formula is C16H16N4S. The van der Waals surface area contributed by atoms with Crippen LogP contribution in [-0.2, 0) is 13.5 Å². The molecule has 4 nitrogen and oxygen atoms in total. The number of rotatable bonds is 3. The lowest BCUT2D eigenvalue weighted by Gasteiger charge is -2.08. The Hall–Kier alpha value is -2.14. The van der Waals surface area contributed by atoms with E-state index < -0.39 is 0 Å². The Morgan fingerprint density at radius 1 is 1.29 bits per heavy atom. The summed E-state index contributed by atoms with van der Waals surface area (Å²) in [5.41, 5.74) is 2.64. The molecule has 0 spiro atoms. The number of para-hydroxylation sites is 1. The molecule has 0 amide bonds. The highest BCUT2D eigenvalue weighted by molar-refractivity contribution is 7.13. The molecule has 106 valence electrons. The molecule has 1 aromatic carbocycles. The molecular weight excluding hydrogens is 280 g/mol. The minimum Gasteiger partial charge on any atom is -0.384 e. The van der Waals surface area contributed by atoms with Crippen LogP contribution in [0, 0.1) is 0 Å². The van der Waals surface area contributed by atoms with Gasteiger partial charge in [0.05, 0.1) is 4.88 Å². The van der Waals surface area contributed by atoms with Crippen molar-refractivity contribution >= 4 is 17.0 Å². The van der Waals surface area contributed by atoms with Gasteiger partial charge in [0.2, 0.25) is 0 Å². The molecule has 2 aromatic heterocycles. The Morgan fingerprint density at radius 3 is 3.05 bits per heavy atom. The predicted molar refractivity (Wildman–Crippen MR) is 85.7 cm³/mol. The molecule has 1 aliphatic rings. The second-order valence-electron chi connectivity index (χ2n) is 5.32. The van der Waals surface area contributed by atoms with Crippen molar-refractivity contribution in [1.29, 1.82) is 0 Å². The first-order valence-electron chi connectivity index (χ1n) is 7.08. The van der Waals surface area contributed by atoms with Crippen molar-refractivity contribution in [2.45, 2.75) is 12.3 Å². The number of fused-ring (bicyclic) bond motifs is 1. The van der Waals surface area contributed by atoms with Gasteiger partial charge >= 0.3 is 0 Å². The molecule has 0 bridgehead atoms. The minimum atomic E-state index is 0.472. The Kier molecular flexibility index (Phi) is 3.00. The number of benzene rings is 1. The second-order valence-corrected chi connectivity index (χ2v) is 6.27. The largest absolute Gasteiger partial charge is 0.384 e. The topological polar surface area (TPSA) is 42.7 Å². The SMILES string of the molecule is Cn1nc(-c2cccs2)nc1CC1CNc2ccccc21. The lowest BCUT2D eigenvalue weighted by Crippen LogP contribution is -2.09. The van der Waals surface area contributed by atoms with E-state index in [9.17, 15) is 0 Å². The lowest BCUT2D eigenvalue weighted by atomic mass is 9.98. The predicted octanol–water partition coefficient (Wildman–Crippen LogP) is 3.30. The maximum atomic E-state index is 4.72. The zero-order valence-electron chi connectivity index (χ0n) is 11.8. The fourth-order valence-electron chi connectivity index (χ4n) is 2.86. The van der Waals surface area contributed by atoms with Crippen LogP contribution in [0.3, 0.4) is 0 Å². The van der Waals surface area contributed by atoms with Gasteiger partial charge in [-0.1, -0.05) is 24.3 Å². The lowest BCUT2D eigenvalue weighted by molar-refractivity contribution is 0.643. The quantitative estimate of drug-likeness (QED) is 0.806. The van der Waals surface area contributed by atoms with Gasteiger partial charge in [0.1, 0.15) is 5.82 Å². The summed E-state index contributed by atoms with van der Waals surface area (Å²) in [5, 5.41) is 10.1. The number of hydrogen-bond acceptors (Lipinski definition) is 4. The Balaban J connectivity index is 1.61. The molecule has 0 aliphatic carbocycles. The molecule has 0 fully saturated rings. The summed E-state index contributed by atoms with van der Waals surface area (Å²) in [6.45, 7) is 0.973. The monoisotopic (exact) mass is 296 g/mol. The molecule has 4 rings (SSSR count). The average Bonchev–Trinajstić information content (AvgIpc) is 3.21. The Labute approximate surface area is 127 Å². The highest BCUT2D eigenvalue weighted by atomic mass is 32.1. The van der Waals surface area contributed by atoms with E-state index in [4.69, 9.17) is 4.98 Å². The molecule has 0 saturated heterocycles. The number of nitrogens with one attached hydrogen (secondary N) is 1. The minimum absolute atomic E-state index is 0.472. The van der Waals surface area contributed by atoms with E-state index in [-0.39, 0.29) is 0 Å². The normalized spacial score (nSPS) is 16.7. The summed E-state index contributed by atoms with van der Waals surface area (Å²) in [7, 11) is 1.98. The fraction of sp³-hybridized carbons (Fsp3) is 0.250. The van der Waals surface area contributed by atoms with Crippen LogP contribution in [0.25, 0.3) is 10.7 Å². The Bertz CT molecular complexity index is 760. The van der Waals surface area contributed by atoms with Crippen LogP contribution in [0.5, 0.6) is 0 Å². The molecule has 0 radical (unpaired) electrons. The Morgan fingerprint density at radius 2 is 2.19 bits per heavy atom. The number of aromatic nitrogens is 3. The summed E-state index contributed by atoms with van der Waals surface area (Å²) in [6, 6.07) is 12.6. The zero-order chi connectivity index (χ0) is 14.2. The van der Waals surface area contributed by atoms with Crippen molar-refractivity contribution in [3.63, 3.8) is 0 Å². The molecule has 3 aromatic rings. The highest BCUT2D eigenvalue weighted by Crippen LogP contribution is 2.33. The summed E-state index contributed by atoms with van der Waals surface area (Å²) >= 11 is 1.68. The molecule has 5 heteroatoms. The standard InChI is InChI=1S/C16H16N4S/c1-20-15(18-16(19-20)14-7-4-8-21-14)9-11-10-17-13-6-3-2-5-12(11)13/h2-8,11,17H,9-10H2,1H3. The van der Waals surface area contributed by atoms with E-state index in [1.165, 1.54) is 11.3 Å². The molecule has 1 aliphatic heterocycles. The van der Waals surface area contributed by atoms with E-state index >= 15 is 0 Å². The van der Waals surface area contributed by atoms with Crippen LogP contribution < -0.4 is 5.32 Å². The van der Waals surface area contributed by atoms with Crippen molar-refractivity contribution in [3.05, 3.63) is 53.2 Å². The maximum Gasteiger partial charge on any atom is 0.191 e. The molecule has 1 unspecified atom stereocenters. The van der Waals surface area contributed by atoms with Crippen LogP contribution >= 0.6 is 11.3 Å². The number of hydrogen-bond donors (Lipinski definition) is 1. The maximum absolute atomic E-state index is 4.72. The summed E-state index contributed by atoms with van der Waals surface area (Å²) < 4.78 is 1.91. The van der Waals surface area contributed by atoms with E-state index in [2.05, 4.69) is 46.1 Å². The van der Waals surface area contributed by atoms with Crippen molar-refractivity contribution in [2.24, 2.45) is 7.05 Å².